The van der Waals surface area contributed by atoms with Crippen LogP contribution in [0, 0.1) is 23.5 Å². The zero-order valence-corrected chi connectivity index (χ0v) is 14.1. The van der Waals surface area contributed by atoms with Gasteiger partial charge < -0.3 is 4.74 Å². The molecule has 1 aliphatic carbocycles. The van der Waals surface area contributed by atoms with Crippen LogP contribution in [0.4, 0.5) is 8.78 Å². The topological polar surface area (TPSA) is 9.23 Å². The van der Waals surface area contributed by atoms with Crippen LogP contribution in [-0.4, -0.2) is 6.61 Å². The van der Waals surface area contributed by atoms with Crippen LogP contribution in [0.2, 0.25) is 0 Å². The van der Waals surface area contributed by atoms with Gasteiger partial charge in [-0.2, -0.15) is 0 Å². The van der Waals surface area contributed by atoms with Crippen LogP contribution in [0.5, 0.6) is 5.75 Å². The van der Waals surface area contributed by atoms with Crippen LogP contribution >= 0.6 is 0 Å². The Kier molecular flexibility index (Phi) is 7.57. The van der Waals surface area contributed by atoms with E-state index in [0.717, 1.165) is 18.1 Å². The summed E-state index contributed by atoms with van der Waals surface area (Å²) in [6.45, 7) is 2.66. The zero-order chi connectivity index (χ0) is 16.5. The van der Waals surface area contributed by atoms with Crippen LogP contribution in [-0.2, 0) is 0 Å². The van der Waals surface area contributed by atoms with Crippen molar-refractivity contribution >= 4 is 0 Å². The summed E-state index contributed by atoms with van der Waals surface area (Å²) in [6.07, 6.45) is 14.9. The molecule has 1 saturated carbocycles. The fourth-order valence-corrected chi connectivity index (χ4v) is 3.31. The van der Waals surface area contributed by atoms with Gasteiger partial charge in [-0.15, -0.1) is 0 Å². The average molecular weight is 322 g/mol. The van der Waals surface area contributed by atoms with Crippen LogP contribution < -0.4 is 4.74 Å². The summed E-state index contributed by atoms with van der Waals surface area (Å²) in [5.41, 5.74) is 0. The fraction of sp³-hybridized carbons (Fsp3) is 0.600. The lowest BCUT2D eigenvalue weighted by Crippen LogP contribution is -2.13. The molecular formula is C20H28F2O. The molecule has 0 saturated heterocycles. The lowest BCUT2D eigenvalue weighted by atomic mass is 9.79. The second-order valence-corrected chi connectivity index (χ2v) is 6.59. The molecule has 0 aromatic heterocycles. The molecule has 0 heterocycles. The molecule has 0 N–H and O–H groups in total. The Bertz CT molecular complexity index is 490. The molecule has 0 radical (unpaired) electrons. The van der Waals surface area contributed by atoms with Gasteiger partial charge in [-0.1, -0.05) is 44.8 Å². The third kappa shape index (κ3) is 6.32. The van der Waals surface area contributed by atoms with Crippen LogP contribution in [0.3, 0.4) is 0 Å². The highest BCUT2D eigenvalue weighted by Gasteiger charge is 2.18. The van der Waals surface area contributed by atoms with E-state index >= 15 is 0 Å². The minimum Gasteiger partial charge on any atom is -0.489 e. The summed E-state index contributed by atoms with van der Waals surface area (Å²) >= 11 is 0. The standard InChI is InChI=1S/C20H28F2O/c1-2-3-4-6-16-8-10-17(11-9-16)7-5-14-23-18-12-13-19(21)20(22)15-18/h5,7,12-13,15-17H,2-4,6,8-11,14H2,1H3. The van der Waals surface area contributed by atoms with Crippen molar-refractivity contribution in [2.75, 3.05) is 6.61 Å². The summed E-state index contributed by atoms with van der Waals surface area (Å²) in [4.78, 5) is 0. The van der Waals surface area contributed by atoms with Crippen molar-refractivity contribution in [3.8, 4) is 5.75 Å². The Morgan fingerprint density at radius 2 is 1.87 bits per heavy atom. The number of ether oxygens (including phenoxy) is 1. The first-order valence-electron chi connectivity index (χ1n) is 8.93. The van der Waals surface area contributed by atoms with E-state index in [1.807, 2.05) is 6.08 Å². The number of allylic oxidation sites excluding steroid dienone is 1. The maximum atomic E-state index is 13.1. The first-order chi connectivity index (χ1) is 11.2. The van der Waals surface area contributed by atoms with E-state index in [-0.39, 0.29) is 0 Å². The van der Waals surface area contributed by atoms with E-state index in [2.05, 4.69) is 13.0 Å². The van der Waals surface area contributed by atoms with Gasteiger partial charge in [0.15, 0.2) is 11.6 Å². The number of halogens is 2. The van der Waals surface area contributed by atoms with Gasteiger partial charge in [-0.25, -0.2) is 8.78 Å². The summed E-state index contributed by atoms with van der Waals surface area (Å²) in [7, 11) is 0. The molecule has 1 aromatic rings. The Labute approximate surface area is 138 Å². The Morgan fingerprint density at radius 1 is 1.09 bits per heavy atom. The van der Waals surface area contributed by atoms with Crippen molar-refractivity contribution < 1.29 is 13.5 Å². The van der Waals surface area contributed by atoms with Gasteiger partial charge in [0.2, 0.25) is 0 Å². The number of hydrogen-bond acceptors (Lipinski definition) is 1. The van der Waals surface area contributed by atoms with Crippen molar-refractivity contribution in [3.05, 3.63) is 42.0 Å². The first-order valence-corrected chi connectivity index (χ1v) is 8.93. The van der Waals surface area contributed by atoms with E-state index in [1.165, 1.54) is 57.4 Å². The monoisotopic (exact) mass is 322 g/mol. The molecule has 1 aromatic carbocycles. The van der Waals surface area contributed by atoms with E-state index in [9.17, 15) is 8.78 Å². The van der Waals surface area contributed by atoms with Crippen molar-refractivity contribution in [2.45, 2.75) is 58.3 Å². The number of benzene rings is 1. The lowest BCUT2D eigenvalue weighted by molar-refractivity contribution is 0.288. The molecule has 1 fully saturated rings. The number of hydrogen-bond donors (Lipinski definition) is 0. The van der Waals surface area contributed by atoms with E-state index < -0.39 is 11.6 Å². The maximum absolute atomic E-state index is 13.1. The first kappa shape index (κ1) is 18.0. The molecular weight excluding hydrogens is 294 g/mol. The van der Waals surface area contributed by atoms with Gasteiger partial charge in [0.1, 0.15) is 12.4 Å². The van der Waals surface area contributed by atoms with Crippen LogP contribution in [0.15, 0.2) is 30.4 Å². The molecule has 23 heavy (non-hydrogen) atoms. The molecule has 0 amide bonds. The molecule has 0 unspecified atom stereocenters. The quantitative estimate of drug-likeness (QED) is 0.404. The van der Waals surface area contributed by atoms with E-state index in [0.29, 0.717) is 18.3 Å². The highest BCUT2D eigenvalue weighted by Crippen LogP contribution is 2.32. The van der Waals surface area contributed by atoms with Crippen molar-refractivity contribution in [3.63, 3.8) is 0 Å². The number of rotatable bonds is 8. The SMILES string of the molecule is CCCCCC1CCC(C=CCOc2ccc(F)c(F)c2)CC1. The average Bonchev–Trinajstić information content (AvgIpc) is 2.56. The van der Waals surface area contributed by atoms with Gasteiger partial charge in [0, 0.05) is 6.07 Å². The van der Waals surface area contributed by atoms with Crippen LogP contribution in [0.1, 0.15) is 58.3 Å². The molecule has 1 nitrogen and oxygen atoms in total. The van der Waals surface area contributed by atoms with Crippen molar-refractivity contribution in [1.29, 1.82) is 0 Å². The van der Waals surface area contributed by atoms with Crippen LogP contribution in [0.25, 0.3) is 0 Å². The zero-order valence-electron chi connectivity index (χ0n) is 14.1. The van der Waals surface area contributed by atoms with Gasteiger partial charge in [0.25, 0.3) is 0 Å². The van der Waals surface area contributed by atoms with Gasteiger partial charge in [0.05, 0.1) is 0 Å². The Hall–Kier alpha value is -1.38. The van der Waals surface area contributed by atoms with Crippen molar-refractivity contribution in [2.24, 2.45) is 11.8 Å². The Morgan fingerprint density at radius 3 is 2.57 bits per heavy atom. The summed E-state index contributed by atoms with van der Waals surface area (Å²) in [6, 6.07) is 3.63. The maximum Gasteiger partial charge on any atom is 0.162 e. The van der Waals surface area contributed by atoms with Gasteiger partial charge >= 0.3 is 0 Å². The smallest absolute Gasteiger partial charge is 0.162 e. The minimum absolute atomic E-state index is 0.369. The predicted octanol–water partition coefficient (Wildman–Crippen LogP) is 6.29. The normalized spacial score (nSPS) is 21.7. The summed E-state index contributed by atoms with van der Waals surface area (Å²) < 4.78 is 31.3. The molecule has 3 heteroatoms. The highest BCUT2D eigenvalue weighted by atomic mass is 19.2. The van der Waals surface area contributed by atoms with Gasteiger partial charge in [-0.3, -0.25) is 0 Å². The molecule has 0 spiro atoms. The molecule has 0 atom stereocenters. The molecule has 128 valence electrons. The second kappa shape index (κ2) is 9.69. The fourth-order valence-electron chi connectivity index (χ4n) is 3.31. The van der Waals surface area contributed by atoms with E-state index in [4.69, 9.17) is 4.74 Å². The second-order valence-electron chi connectivity index (χ2n) is 6.59. The highest BCUT2D eigenvalue weighted by molar-refractivity contribution is 5.23. The summed E-state index contributed by atoms with van der Waals surface area (Å²) in [5, 5.41) is 0. The predicted molar refractivity (Wildman–Crippen MR) is 90.6 cm³/mol. The summed E-state index contributed by atoms with van der Waals surface area (Å²) in [5.74, 6) is 0.222. The lowest BCUT2D eigenvalue weighted by Gasteiger charge is -2.26. The third-order valence-corrected chi connectivity index (χ3v) is 4.75. The largest absolute Gasteiger partial charge is 0.489 e. The van der Waals surface area contributed by atoms with Crippen molar-refractivity contribution in [1.82, 2.24) is 0 Å². The number of unbranched alkanes of at least 4 members (excludes halogenated alkanes) is 2. The van der Waals surface area contributed by atoms with Gasteiger partial charge in [-0.05, 0) is 49.7 Å². The molecule has 1 aliphatic rings. The molecule has 0 aliphatic heterocycles. The minimum atomic E-state index is -0.868. The third-order valence-electron chi connectivity index (χ3n) is 4.75. The molecule has 0 bridgehead atoms. The Balaban J connectivity index is 1.64. The molecule has 2 rings (SSSR count). The van der Waals surface area contributed by atoms with E-state index in [1.54, 1.807) is 0 Å².